The van der Waals surface area contributed by atoms with E-state index in [1.54, 1.807) is 73.9 Å². The number of nitrogens with zero attached hydrogens (tertiary/aromatic N) is 2. The molecule has 0 aliphatic rings. The molecule has 44 heteroatoms. The molecule has 2 heterocycles. The molecule has 12 atom stereocenters. The van der Waals surface area contributed by atoms with E-state index in [0.717, 1.165) is 10.1 Å². The summed E-state index contributed by atoms with van der Waals surface area (Å²) in [6.45, 7) is 22.3. The molecule has 122 heavy (non-hydrogen) atoms. The Hall–Kier alpha value is -10.4. The Balaban J connectivity index is 1.42. The second kappa shape index (κ2) is 46.8. The van der Waals surface area contributed by atoms with Crippen molar-refractivity contribution in [3.8, 4) is 0 Å². The van der Waals surface area contributed by atoms with Gasteiger partial charge in [-0.1, -0.05) is 126 Å². The number of likely N-dealkylation sites (N-methyl/N-ethyl adjacent to an activating group) is 1. The van der Waals surface area contributed by atoms with Gasteiger partial charge in [0, 0.05) is 74.8 Å². The molecule has 0 radical (unpaired) electrons. The van der Waals surface area contributed by atoms with Crippen molar-refractivity contribution in [2.24, 2.45) is 29.2 Å². The third-order valence-corrected chi connectivity index (χ3v) is 27.0. The Morgan fingerprint density at radius 1 is 0.549 bits per heavy atom. The van der Waals surface area contributed by atoms with Gasteiger partial charge in [0.1, 0.15) is 59.8 Å². The standard InChI is InChI=1S/C78H123N17O24S2Si/c1-42(2)31-53(59(96)35-62(99)88-54(67(80)103)32-43(3)4)90-72(108)56(34-48-37-81-41-85-48)89-63(100)38-95(14)76(112)64(44(5)6)94-68(104)45(7)86-71(107)55(33-47-36-84-51-20-16-15-19-50(47)51)91-70(106)52(26-27-60(79)97)87-61(98)21-17-18-29-82-69(105)57(39-120(113,114)115)92-73(109)58(40-121(116,117)118)93-75(111)66(102)65(101)74(110)83-30-28-46-22-24-49(25-23-46)122(119,77(8,9)10)78(11,12)13/h15-16,19-20,22-25,36-37,41-45,52-59,64-66,84,96,101-102,119H,17-18,21,26-35,38-40H2,1-14H3,(H2,79,97)(H2,80,103)(H,81,85)(H,82,105)(H,83,110)(H,86,107)(H,87,98)(H,88,99)(H,89,100)(H,90,108)(H,91,106)(H,92,109)(H,93,111)(H,94,104)(H,113,114,115)(H,116,117,118)/t45-,52-,53-,54-,55-,56-,57-,58-,59-,64-,65?,66?/m0/s1. The fourth-order valence-electron chi connectivity index (χ4n) is 13.7. The number of nitrogens with one attached hydrogen (secondary N) is 13. The van der Waals surface area contributed by atoms with Gasteiger partial charge in [-0.2, -0.15) is 16.8 Å². The molecule has 2 unspecified atom stereocenters. The number of rotatable bonds is 50. The molecule has 2 aromatic heterocycles. The zero-order valence-electron chi connectivity index (χ0n) is 71.2. The van der Waals surface area contributed by atoms with Crippen molar-refractivity contribution in [1.29, 1.82) is 0 Å². The fourth-order valence-corrected chi connectivity index (χ4v) is 19.6. The van der Waals surface area contributed by atoms with E-state index in [4.69, 9.17) is 11.5 Å². The molecule has 0 spiro atoms. The number of amides is 14. The number of nitrogens with two attached hydrogens (primary N) is 2. The number of unbranched alkanes of at least 4 members (excludes halogenated alkanes) is 1. The lowest BCUT2D eigenvalue weighted by Crippen LogP contribution is -2.61. The highest BCUT2D eigenvalue weighted by Gasteiger charge is 2.54. The minimum Gasteiger partial charge on any atom is -0.426 e. The summed E-state index contributed by atoms with van der Waals surface area (Å²) in [5.74, 6) is -18.6. The lowest BCUT2D eigenvalue weighted by Gasteiger charge is -2.47. The van der Waals surface area contributed by atoms with Gasteiger partial charge in [-0.15, -0.1) is 0 Å². The van der Waals surface area contributed by atoms with Gasteiger partial charge in [0.15, 0.2) is 12.2 Å². The number of H-pyrrole nitrogens is 2. The van der Waals surface area contributed by atoms with Crippen LogP contribution in [0.3, 0.4) is 0 Å². The average molecular weight is 1780 g/mol. The molecule has 0 saturated carbocycles. The van der Waals surface area contributed by atoms with Crippen molar-refractivity contribution in [3.05, 3.63) is 84.1 Å². The molecule has 23 N–H and O–H groups in total. The monoisotopic (exact) mass is 1770 g/mol. The summed E-state index contributed by atoms with van der Waals surface area (Å²) in [7, 11) is -12.3. The number of aliphatic hydroxyl groups excluding tert-OH is 3. The number of fused-ring (bicyclic) bond motifs is 1. The van der Waals surface area contributed by atoms with Crippen LogP contribution in [0.4, 0.5) is 0 Å². The first-order chi connectivity index (χ1) is 56.5. The largest absolute Gasteiger partial charge is 0.426 e. The molecule has 4 aromatic rings. The second-order valence-electron chi connectivity index (χ2n) is 33.7. The number of hydrogen-bond acceptors (Lipinski definition) is 23. The van der Waals surface area contributed by atoms with Crippen molar-refractivity contribution in [3.63, 3.8) is 0 Å². The summed E-state index contributed by atoms with van der Waals surface area (Å²) in [5, 5.41) is 59.5. The van der Waals surface area contributed by atoms with Gasteiger partial charge in [0.05, 0.1) is 31.4 Å². The van der Waals surface area contributed by atoms with E-state index in [2.05, 4.69) is 62.8 Å². The Morgan fingerprint density at radius 3 is 1.63 bits per heavy atom. The third kappa shape index (κ3) is 33.8. The number of hydrogen-bond donors (Lipinski definition) is 21. The van der Waals surface area contributed by atoms with Gasteiger partial charge in [-0.3, -0.25) is 76.2 Å². The smallest absolute Gasteiger partial charge is 0.267 e. The van der Waals surface area contributed by atoms with E-state index in [1.165, 1.54) is 26.5 Å². The lowest BCUT2D eigenvalue weighted by atomic mass is 9.96. The van der Waals surface area contributed by atoms with Gasteiger partial charge in [0.25, 0.3) is 32.1 Å². The minimum absolute atomic E-state index is 0.00905. The van der Waals surface area contributed by atoms with Crippen molar-refractivity contribution < 1.29 is 113 Å². The van der Waals surface area contributed by atoms with Crippen LogP contribution in [0, 0.1) is 17.8 Å². The summed E-state index contributed by atoms with van der Waals surface area (Å²) in [6.07, 6.45) is -4.29. The molecular formula is C78H123N17O24S2Si. The Morgan fingerprint density at radius 2 is 1.07 bits per heavy atom. The SMILES string of the molecule is CC(C)C[C@H](NC(=O)C[C@H](O)[C@H](CC(C)C)NC(=O)[C@H](Cc1cnc[nH]1)NC(=O)CN(C)C(=O)[C@@H](NC(=O)[C@H](C)NC(=O)[C@H](Cc1c[nH]c2ccccc12)NC(=O)[C@H](CCC(N)=O)NC(=O)CCCCNC(=O)[C@H](CS(=O)(=O)O)NC(=O)[C@H](CS(=O)(=O)O)NC(=O)C(O)C(O)C(=O)NCCc1ccc([Si](O)(C(C)(C)C)C(C)(C)C)cc1)C(C)C)C(N)=O. The van der Waals surface area contributed by atoms with Crippen LogP contribution in [0.25, 0.3) is 10.9 Å². The zero-order chi connectivity index (χ0) is 92.3. The number of aromatic nitrogens is 3. The third-order valence-electron chi connectivity index (χ3n) is 20.0. The minimum atomic E-state index is -5.26. The maximum absolute atomic E-state index is 14.5. The number of carbonyl (C=O) groups excluding carboxylic acids is 14. The molecule has 0 saturated heterocycles. The maximum atomic E-state index is 14.5. The molecular weight excluding hydrogens is 1650 g/mol. The first-order valence-electron chi connectivity index (χ1n) is 39.9. The van der Waals surface area contributed by atoms with E-state index in [0.29, 0.717) is 27.7 Å². The van der Waals surface area contributed by atoms with Crippen LogP contribution in [0.5, 0.6) is 0 Å². The van der Waals surface area contributed by atoms with Crippen LogP contribution < -0.4 is 75.1 Å². The van der Waals surface area contributed by atoms with Crippen molar-refractivity contribution in [2.75, 3.05) is 38.2 Å². The predicted octanol–water partition coefficient (Wildman–Crippen LogP) is -3.34. The summed E-state index contributed by atoms with van der Waals surface area (Å²) < 4.78 is 67.9. The molecule has 0 bridgehead atoms. The van der Waals surface area contributed by atoms with Crippen molar-refractivity contribution in [2.45, 2.75) is 243 Å². The summed E-state index contributed by atoms with van der Waals surface area (Å²) in [6, 6.07) is -0.0646. The Kier molecular flexibility index (Phi) is 39.9. The average Bonchev–Trinajstić information content (AvgIpc) is 0.858. The van der Waals surface area contributed by atoms with Crippen LogP contribution in [0.1, 0.15) is 158 Å². The normalized spacial score (nSPS) is 15.1. The summed E-state index contributed by atoms with van der Waals surface area (Å²) in [5.41, 5.74) is 13.2. The van der Waals surface area contributed by atoms with Gasteiger partial charge in [-0.25, -0.2) is 4.98 Å². The first kappa shape index (κ1) is 104. The topological polar surface area (TPSA) is 661 Å². The van der Waals surface area contributed by atoms with E-state index < -0.39 is 250 Å². The van der Waals surface area contributed by atoms with Crippen molar-refractivity contribution in [1.82, 2.24) is 78.3 Å². The van der Waals surface area contributed by atoms with Gasteiger partial charge < -0.3 is 105 Å². The van der Waals surface area contributed by atoms with Crippen molar-refractivity contribution >= 4 is 127 Å². The van der Waals surface area contributed by atoms with E-state index in [9.17, 15) is 113 Å². The predicted molar refractivity (Wildman–Crippen MR) is 449 cm³/mol. The fraction of sp³-hybridized carbons (Fsp3) is 0.603. The van der Waals surface area contributed by atoms with E-state index in [-0.39, 0.29) is 63.3 Å². The Bertz CT molecular complexity index is 4500. The molecule has 14 amide bonds. The van der Waals surface area contributed by atoms with Crippen LogP contribution >= 0.6 is 0 Å². The molecule has 680 valence electrons. The molecule has 0 fully saturated rings. The highest BCUT2D eigenvalue weighted by Crippen LogP contribution is 2.48. The second-order valence-corrected chi connectivity index (χ2v) is 41.7. The van der Waals surface area contributed by atoms with Crippen LogP contribution in [0.15, 0.2) is 67.3 Å². The summed E-state index contributed by atoms with van der Waals surface area (Å²) >= 11 is 0. The van der Waals surface area contributed by atoms with Gasteiger partial charge >= 0.3 is 0 Å². The number of benzene rings is 2. The molecule has 41 nitrogen and oxygen atoms in total. The molecule has 0 aliphatic heterocycles. The number of aromatic amines is 2. The number of carbonyl (C=O) groups is 14. The van der Waals surface area contributed by atoms with Gasteiger partial charge in [-0.05, 0) is 95.7 Å². The summed E-state index contributed by atoms with van der Waals surface area (Å²) in [4.78, 5) is 212. The molecule has 2 aromatic carbocycles. The van der Waals surface area contributed by atoms with Gasteiger partial charge in [0.2, 0.25) is 79.2 Å². The number of aliphatic hydroxyl groups is 3. The zero-order valence-corrected chi connectivity index (χ0v) is 73.9. The van der Waals surface area contributed by atoms with E-state index >= 15 is 0 Å². The lowest BCUT2D eigenvalue weighted by molar-refractivity contribution is -0.147. The quantitative estimate of drug-likeness (QED) is 0.0117. The number of imidazole rings is 1. The van der Waals surface area contributed by atoms with Crippen LogP contribution in [0.2, 0.25) is 10.1 Å². The highest BCUT2D eigenvalue weighted by atomic mass is 32.2. The number of para-hydroxylation sites is 1. The first-order valence-corrected chi connectivity index (χ1v) is 45.1. The van der Waals surface area contributed by atoms with E-state index in [1.807, 2.05) is 74.6 Å². The molecule has 0 aliphatic carbocycles. The number of primary amides is 2. The Labute approximate surface area is 710 Å². The van der Waals surface area contributed by atoms with Crippen LogP contribution in [-0.2, 0) is 107 Å². The maximum Gasteiger partial charge on any atom is 0.267 e. The van der Waals surface area contributed by atoms with Crippen LogP contribution in [-0.4, -0.2) is 268 Å². The molecule has 4 rings (SSSR count). The highest BCUT2D eigenvalue weighted by molar-refractivity contribution is 7.86.